The Hall–Kier alpha value is 0.749. The third kappa shape index (κ3) is 13.9. The fourth-order valence-electron chi connectivity index (χ4n) is 3.45. The summed E-state index contributed by atoms with van der Waals surface area (Å²) >= 11 is 9.80. The fraction of sp³-hybridized carbons (Fsp3) is 0.727. The Labute approximate surface area is 201 Å². The van der Waals surface area contributed by atoms with Gasteiger partial charge in [0, 0.05) is 0 Å². The van der Waals surface area contributed by atoms with E-state index in [1.165, 1.54) is 64.2 Å². The van der Waals surface area contributed by atoms with E-state index in [0.29, 0.717) is 5.75 Å². The van der Waals surface area contributed by atoms with Crippen molar-refractivity contribution in [3.05, 3.63) is 29.3 Å². The second-order valence-corrected chi connectivity index (χ2v) is 12.1. The Morgan fingerprint density at radius 3 is 1.54 bits per heavy atom. The Morgan fingerprint density at radius 1 is 0.750 bits per heavy atom. The quantitative estimate of drug-likeness (QED) is 0.0947. The average molecular weight is 549 g/mol. The van der Waals surface area contributed by atoms with Crippen LogP contribution in [0.15, 0.2) is 18.2 Å². The molecule has 0 aliphatic rings. The van der Waals surface area contributed by atoms with Crippen molar-refractivity contribution in [2.75, 3.05) is 0 Å². The molecule has 0 atom stereocenters. The van der Waals surface area contributed by atoms with E-state index in [0.717, 1.165) is 36.8 Å². The molecule has 0 fully saturated rings. The topological polar surface area (TPSA) is 26.3 Å². The Morgan fingerprint density at radius 2 is 1.14 bits per heavy atom. The van der Waals surface area contributed by atoms with E-state index in [2.05, 4.69) is 32.0 Å². The molecular weight excluding hydrogens is 510 g/mol. The molecule has 0 saturated heterocycles. The van der Waals surface area contributed by atoms with Gasteiger partial charge in [0.2, 0.25) is 0 Å². The zero-order valence-electron chi connectivity index (χ0n) is 17.9. The van der Waals surface area contributed by atoms with Crippen LogP contribution in [0.4, 0.5) is 0 Å². The summed E-state index contributed by atoms with van der Waals surface area (Å²) in [5.41, 5.74) is 2.23. The van der Waals surface area contributed by atoms with Gasteiger partial charge in [0.05, 0.1) is 0 Å². The van der Waals surface area contributed by atoms with Crippen LogP contribution in [0.3, 0.4) is 0 Å². The van der Waals surface area contributed by atoms with E-state index >= 15 is 0 Å². The van der Waals surface area contributed by atoms with Crippen LogP contribution in [-0.4, -0.2) is 23.9 Å². The van der Waals surface area contributed by atoms with Gasteiger partial charge in [-0.15, -0.1) is 0 Å². The van der Waals surface area contributed by atoms with Gasteiger partial charge in [-0.1, -0.05) is 96.3 Å². The first-order valence-corrected chi connectivity index (χ1v) is 14.5. The molecule has 6 heteroatoms. The van der Waals surface area contributed by atoms with Gasteiger partial charge >= 0.3 is 23.9 Å². The summed E-state index contributed by atoms with van der Waals surface area (Å²) < 4.78 is 17.6. The number of rotatable bonds is 16. The molecule has 0 aliphatic carbocycles. The molecular formula is C22H39O2PS2Sn. The molecule has 0 bridgehead atoms. The van der Waals surface area contributed by atoms with Crippen LogP contribution in [0.25, 0.3) is 0 Å². The third-order valence-electron chi connectivity index (χ3n) is 4.98. The normalized spacial score (nSPS) is 11.3. The molecule has 2 nitrogen and oxygen atoms in total. The summed E-state index contributed by atoms with van der Waals surface area (Å²) in [6.07, 6.45) is 16.9. The molecule has 0 amide bonds. The van der Waals surface area contributed by atoms with Gasteiger partial charge in [-0.2, -0.15) is 0 Å². The minimum absolute atomic E-state index is 0. The summed E-state index contributed by atoms with van der Waals surface area (Å²) in [6.45, 7) is 4.47. The minimum atomic E-state index is -3.38. The van der Waals surface area contributed by atoms with Gasteiger partial charge in [0.25, 0.3) is 0 Å². The van der Waals surface area contributed by atoms with Crippen molar-refractivity contribution in [3.63, 3.8) is 0 Å². The standard InChI is InChI=1S/C22H39O2PS2.Sn.2H/c1-3-5-7-9-11-13-16-20-18-15-19-21(22(20)24-25(23,26)27)17-14-12-10-8-6-4-2;;;/h15,18-19H,3-14,16-17H2,1-2H3,(H2,23,26,27);;;/q;+2;;/p-2. The second kappa shape index (κ2) is 17.4. The first kappa shape index (κ1) is 28.7. The van der Waals surface area contributed by atoms with E-state index in [1.807, 2.05) is 0 Å². The van der Waals surface area contributed by atoms with Gasteiger partial charge in [0.15, 0.2) is 0 Å². The Balaban J connectivity index is 0.00000729. The zero-order valence-corrected chi connectivity index (χ0v) is 24.5. The number of benzene rings is 1. The van der Waals surface area contributed by atoms with E-state index < -0.39 is 5.77 Å². The van der Waals surface area contributed by atoms with Crippen molar-refractivity contribution in [1.82, 2.24) is 0 Å². The van der Waals surface area contributed by atoms with Gasteiger partial charge < -0.3 is 33.6 Å². The Bertz CT molecular complexity index is 529. The average Bonchev–Trinajstić information content (AvgIpc) is 2.61. The zero-order chi connectivity index (χ0) is 20.0. The van der Waals surface area contributed by atoms with Crippen LogP contribution >= 0.6 is 5.77 Å². The predicted molar refractivity (Wildman–Crippen MR) is 132 cm³/mol. The van der Waals surface area contributed by atoms with Crippen LogP contribution in [0, 0.1) is 0 Å². The first-order valence-electron chi connectivity index (χ1n) is 10.8. The molecule has 0 aromatic heterocycles. The van der Waals surface area contributed by atoms with Crippen LogP contribution in [0.1, 0.15) is 102 Å². The summed E-state index contributed by atoms with van der Waals surface area (Å²) in [5, 5.41) is 0. The summed E-state index contributed by atoms with van der Waals surface area (Å²) in [5.74, 6) is -2.67. The summed E-state index contributed by atoms with van der Waals surface area (Å²) in [4.78, 5) is 0. The number of hydrogen-bond acceptors (Lipinski definition) is 4. The van der Waals surface area contributed by atoms with Crippen molar-refractivity contribution in [2.45, 2.75) is 104 Å². The maximum atomic E-state index is 12.0. The van der Waals surface area contributed by atoms with Crippen LogP contribution in [0.2, 0.25) is 0 Å². The number of unbranched alkanes of at least 4 members (excludes halogenated alkanes) is 10. The molecule has 28 heavy (non-hydrogen) atoms. The van der Waals surface area contributed by atoms with Crippen LogP contribution in [0.5, 0.6) is 5.75 Å². The number of para-hydroxylation sites is 1. The predicted octanol–water partition coefficient (Wildman–Crippen LogP) is 7.16. The van der Waals surface area contributed by atoms with E-state index in [-0.39, 0.29) is 23.9 Å². The number of aryl methyl sites for hydroxylation is 2. The monoisotopic (exact) mass is 550 g/mol. The summed E-state index contributed by atoms with van der Waals surface area (Å²) in [6, 6.07) is 6.24. The number of hydrogen-bond donors (Lipinski definition) is 0. The molecule has 0 spiro atoms. The SMILES string of the molecule is CCCCCCCCc1cccc(CCCCCCCC)c1OP(=O)([S-])[S-].[SnH2+2]. The molecule has 1 rings (SSSR count). The molecule has 0 N–H and O–H groups in total. The second-order valence-electron chi connectivity index (χ2n) is 7.48. The van der Waals surface area contributed by atoms with Crippen molar-refractivity contribution in [2.24, 2.45) is 0 Å². The first-order chi connectivity index (χ1) is 13.0. The Kier molecular flexibility index (Phi) is 17.9. The molecule has 0 saturated carbocycles. The van der Waals surface area contributed by atoms with Gasteiger partial charge in [-0.3, -0.25) is 0 Å². The van der Waals surface area contributed by atoms with Crippen molar-refractivity contribution in [3.8, 4) is 5.75 Å². The van der Waals surface area contributed by atoms with Gasteiger partial charge in [-0.25, -0.2) is 0 Å². The van der Waals surface area contributed by atoms with Crippen molar-refractivity contribution < 1.29 is 9.09 Å². The molecule has 0 unspecified atom stereocenters. The van der Waals surface area contributed by atoms with Crippen LogP contribution in [-0.2, 0) is 41.9 Å². The molecule has 0 aliphatic heterocycles. The third-order valence-corrected chi connectivity index (χ3v) is 5.83. The van der Waals surface area contributed by atoms with Crippen LogP contribution < -0.4 is 4.52 Å². The van der Waals surface area contributed by atoms with Gasteiger partial charge in [-0.05, 0) is 42.6 Å². The van der Waals surface area contributed by atoms with E-state index in [9.17, 15) is 4.57 Å². The van der Waals surface area contributed by atoms with Crippen molar-refractivity contribution in [1.29, 1.82) is 0 Å². The molecule has 0 radical (unpaired) electrons. The fourth-order valence-corrected chi connectivity index (χ4v) is 4.36. The molecule has 1 aromatic rings. The molecule has 160 valence electrons. The van der Waals surface area contributed by atoms with Gasteiger partial charge in [0.1, 0.15) is 5.75 Å². The van der Waals surface area contributed by atoms with E-state index in [1.54, 1.807) is 0 Å². The van der Waals surface area contributed by atoms with Crippen molar-refractivity contribution >= 4 is 54.2 Å². The molecule has 0 heterocycles. The molecule has 1 aromatic carbocycles. The maximum absolute atomic E-state index is 12.0. The van der Waals surface area contributed by atoms with E-state index in [4.69, 9.17) is 29.0 Å². The summed E-state index contributed by atoms with van der Waals surface area (Å²) in [7, 11) is 0.